The number of thiazole rings is 1. The molecular formula is C13H14Cl2N2S. The monoisotopic (exact) mass is 300 g/mol. The molecule has 0 radical (unpaired) electrons. The Morgan fingerprint density at radius 1 is 1.33 bits per heavy atom. The number of aromatic nitrogens is 1. The number of halogens is 2. The molecule has 0 aliphatic heterocycles. The first kappa shape index (κ1) is 13.8. The minimum atomic E-state index is 0.455. The fourth-order valence-corrected chi connectivity index (χ4v) is 2.75. The molecule has 0 spiro atoms. The number of nitrogens with one attached hydrogen (secondary N) is 1. The molecule has 2 rings (SSSR count). The van der Waals surface area contributed by atoms with Crippen LogP contribution in [0.1, 0.15) is 18.9 Å². The summed E-state index contributed by atoms with van der Waals surface area (Å²) >= 11 is 13.7. The highest BCUT2D eigenvalue weighted by Gasteiger charge is 2.08. The molecule has 1 aromatic heterocycles. The summed E-state index contributed by atoms with van der Waals surface area (Å²) < 4.78 is 0. The second-order valence-electron chi connectivity index (χ2n) is 4.29. The zero-order valence-electron chi connectivity index (χ0n) is 10.2. The molecule has 5 heteroatoms. The van der Waals surface area contributed by atoms with Gasteiger partial charge in [-0.15, -0.1) is 11.3 Å². The molecular weight excluding hydrogens is 287 g/mol. The van der Waals surface area contributed by atoms with E-state index in [-0.39, 0.29) is 0 Å². The number of hydrogen-bond donors (Lipinski definition) is 1. The van der Waals surface area contributed by atoms with E-state index in [1.54, 1.807) is 17.4 Å². The van der Waals surface area contributed by atoms with Crippen molar-refractivity contribution in [2.75, 3.05) is 0 Å². The van der Waals surface area contributed by atoms with Crippen LogP contribution < -0.4 is 5.32 Å². The van der Waals surface area contributed by atoms with Gasteiger partial charge in [0.2, 0.25) is 0 Å². The topological polar surface area (TPSA) is 24.9 Å². The van der Waals surface area contributed by atoms with E-state index < -0.39 is 0 Å². The predicted molar refractivity (Wildman–Crippen MR) is 79.5 cm³/mol. The van der Waals surface area contributed by atoms with Gasteiger partial charge in [0.05, 0.1) is 10.7 Å². The predicted octanol–water partition coefficient (Wildman–Crippen LogP) is 4.61. The van der Waals surface area contributed by atoms with E-state index in [1.165, 1.54) is 0 Å². The first-order valence-corrected chi connectivity index (χ1v) is 7.33. The van der Waals surface area contributed by atoms with Crippen molar-refractivity contribution in [1.82, 2.24) is 10.3 Å². The van der Waals surface area contributed by atoms with Crippen LogP contribution in [0.4, 0.5) is 0 Å². The molecule has 0 aliphatic carbocycles. The maximum absolute atomic E-state index is 6.17. The molecule has 0 saturated carbocycles. The molecule has 2 nitrogen and oxygen atoms in total. The maximum atomic E-state index is 6.17. The molecule has 0 aliphatic rings. The molecule has 1 aromatic carbocycles. The molecule has 0 saturated heterocycles. The van der Waals surface area contributed by atoms with Crippen molar-refractivity contribution in [1.29, 1.82) is 0 Å². The molecule has 0 unspecified atom stereocenters. The number of nitrogens with zero attached hydrogens (tertiary/aromatic N) is 1. The lowest BCUT2D eigenvalue weighted by atomic mass is 10.2. The standard InChI is InChI=1S/C13H14Cl2N2S/c1-8(2)16-6-13-17-12(7-18-13)10-4-3-9(14)5-11(10)15/h3-5,7-8,16H,6H2,1-2H3. The molecule has 1 heterocycles. The van der Waals surface area contributed by atoms with Gasteiger partial charge in [0.15, 0.2) is 0 Å². The third-order valence-electron chi connectivity index (χ3n) is 2.42. The van der Waals surface area contributed by atoms with Crippen molar-refractivity contribution in [2.45, 2.75) is 26.4 Å². The molecule has 2 aromatic rings. The van der Waals surface area contributed by atoms with Gasteiger partial charge in [-0.05, 0) is 18.2 Å². The Bertz CT molecular complexity index is 538. The maximum Gasteiger partial charge on any atom is 0.107 e. The summed E-state index contributed by atoms with van der Waals surface area (Å²) in [5, 5.41) is 7.70. The van der Waals surface area contributed by atoms with Crippen molar-refractivity contribution in [3.63, 3.8) is 0 Å². The summed E-state index contributed by atoms with van der Waals surface area (Å²) in [7, 11) is 0. The van der Waals surface area contributed by atoms with Crippen LogP contribution in [-0.4, -0.2) is 11.0 Å². The van der Waals surface area contributed by atoms with Gasteiger partial charge in [0.25, 0.3) is 0 Å². The fourth-order valence-electron chi connectivity index (χ4n) is 1.50. The van der Waals surface area contributed by atoms with E-state index in [4.69, 9.17) is 23.2 Å². The van der Waals surface area contributed by atoms with Gasteiger partial charge in [0.1, 0.15) is 5.01 Å². The Kier molecular flexibility index (Phi) is 4.62. The normalized spacial score (nSPS) is 11.2. The van der Waals surface area contributed by atoms with E-state index in [9.17, 15) is 0 Å². The summed E-state index contributed by atoms with van der Waals surface area (Å²) in [6.07, 6.45) is 0. The lowest BCUT2D eigenvalue weighted by Gasteiger charge is -2.04. The van der Waals surface area contributed by atoms with E-state index in [2.05, 4.69) is 24.1 Å². The fraction of sp³-hybridized carbons (Fsp3) is 0.308. The van der Waals surface area contributed by atoms with E-state index >= 15 is 0 Å². The van der Waals surface area contributed by atoms with Crippen LogP contribution in [0.25, 0.3) is 11.3 Å². The summed E-state index contributed by atoms with van der Waals surface area (Å²) in [5.74, 6) is 0. The Balaban J connectivity index is 2.18. The molecule has 0 atom stereocenters. The largest absolute Gasteiger partial charge is 0.308 e. The van der Waals surface area contributed by atoms with Crippen LogP contribution in [0, 0.1) is 0 Å². The molecule has 18 heavy (non-hydrogen) atoms. The average Bonchev–Trinajstić information content (AvgIpc) is 2.75. The van der Waals surface area contributed by atoms with Gasteiger partial charge in [0, 0.05) is 28.6 Å². The zero-order chi connectivity index (χ0) is 13.1. The average molecular weight is 301 g/mol. The molecule has 1 N–H and O–H groups in total. The van der Waals surface area contributed by atoms with Crippen molar-refractivity contribution in [3.8, 4) is 11.3 Å². The van der Waals surface area contributed by atoms with Gasteiger partial charge >= 0.3 is 0 Å². The Morgan fingerprint density at radius 2 is 2.11 bits per heavy atom. The molecule has 96 valence electrons. The molecule has 0 amide bonds. The van der Waals surface area contributed by atoms with Crippen LogP contribution in [0.5, 0.6) is 0 Å². The van der Waals surface area contributed by atoms with Gasteiger partial charge < -0.3 is 5.32 Å². The lowest BCUT2D eigenvalue weighted by molar-refractivity contribution is 0.587. The van der Waals surface area contributed by atoms with Crippen LogP contribution in [0.15, 0.2) is 23.6 Å². The van der Waals surface area contributed by atoms with Crippen LogP contribution >= 0.6 is 34.5 Å². The Hall–Kier alpha value is -0.610. The van der Waals surface area contributed by atoms with Crippen LogP contribution in [-0.2, 0) is 6.54 Å². The summed E-state index contributed by atoms with van der Waals surface area (Å²) in [4.78, 5) is 4.57. The van der Waals surface area contributed by atoms with Crippen molar-refractivity contribution >= 4 is 34.5 Å². The quantitative estimate of drug-likeness (QED) is 0.891. The van der Waals surface area contributed by atoms with E-state index in [0.29, 0.717) is 16.1 Å². The highest BCUT2D eigenvalue weighted by Crippen LogP contribution is 2.30. The van der Waals surface area contributed by atoms with Gasteiger partial charge in [-0.2, -0.15) is 0 Å². The highest BCUT2D eigenvalue weighted by atomic mass is 35.5. The number of benzene rings is 1. The Morgan fingerprint density at radius 3 is 2.78 bits per heavy atom. The van der Waals surface area contributed by atoms with Crippen LogP contribution in [0.3, 0.4) is 0 Å². The first-order valence-electron chi connectivity index (χ1n) is 5.69. The third-order valence-corrected chi connectivity index (χ3v) is 3.82. The number of rotatable bonds is 4. The first-order chi connectivity index (χ1) is 8.56. The van der Waals surface area contributed by atoms with Crippen molar-refractivity contribution in [2.24, 2.45) is 0 Å². The van der Waals surface area contributed by atoms with Gasteiger partial charge in [-0.25, -0.2) is 4.98 Å². The zero-order valence-corrected chi connectivity index (χ0v) is 12.5. The van der Waals surface area contributed by atoms with E-state index in [1.807, 2.05) is 17.5 Å². The minimum absolute atomic E-state index is 0.455. The third kappa shape index (κ3) is 3.45. The highest BCUT2D eigenvalue weighted by molar-refractivity contribution is 7.09. The Labute approximate surface area is 121 Å². The molecule has 0 fully saturated rings. The minimum Gasteiger partial charge on any atom is -0.308 e. The van der Waals surface area contributed by atoms with Gasteiger partial charge in [-0.3, -0.25) is 0 Å². The summed E-state index contributed by atoms with van der Waals surface area (Å²) in [6.45, 7) is 5.02. The second kappa shape index (κ2) is 6.02. The van der Waals surface area contributed by atoms with Crippen molar-refractivity contribution < 1.29 is 0 Å². The van der Waals surface area contributed by atoms with E-state index in [0.717, 1.165) is 22.8 Å². The summed E-state index contributed by atoms with van der Waals surface area (Å²) in [5.41, 5.74) is 1.83. The second-order valence-corrected chi connectivity index (χ2v) is 6.07. The smallest absolute Gasteiger partial charge is 0.107 e. The molecule has 0 bridgehead atoms. The summed E-state index contributed by atoms with van der Waals surface area (Å²) in [6, 6.07) is 5.92. The lowest BCUT2D eigenvalue weighted by Crippen LogP contribution is -2.21. The van der Waals surface area contributed by atoms with Crippen LogP contribution in [0.2, 0.25) is 10.0 Å². The van der Waals surface area contributed by atoms with Crippen molar-refractivity contribution in [3.05, 3.63) is 38.6 Å². The van der Waals surface area contributed by atoms with Gasteiger partial charge in [-0.1, -0.05) is 37.0 Å². The SMILES string of the molecule is CC(C)NCc1nc(-c2ccc(Cl)cc2Cl)cs1. The number of hydrogen-bond acceptors (Lipinski definition) is 3.